The summed E-state index contributed by atoms with van der Waals surface area (Å²) in [6, 6.07) is 17.2. The van der Waals surface area contributed by atoms with E-state index >= 15 is 0 Å². The third-order valence-corrected chi connectivity index (χ3v) is 5.40. The van der Waals surface area contributed by atoms with Gasteiger partial charge in [-0.25, -0.2) is 0 Å². The number of rotatable bonds is 4. The van der Waals surface area contributed by atoms with E-state index in [0.29, 0.717) is 10.6 Å². The Bertz CT molecular complexity index is 957. The van der Waals surface area contributed by atoms with Crippen molar-refractivity contribution in [2.45, 2.75) is 12.5 Å². The number of carbonyl (C=O) groups excluding carboxylic acids is 1. The highest BCUT2D eigenvalue weighted by atomic mass is 79.9. The number of benzene rings is 2. The Balaban J connectivity index is 1.40. The molecule has 0 radical (unpaired) electrons. The minimum absolute atomic E-state index is 0.0490. The minimum atomic E-state index is -0.0490. The first-order valence-corrected chi connectivity index (χ1v) is 9.88. The first-order chi connectivity index (χ1) is 13.1. The van der Waals surface area contributed by atoms with Gasteiger partial charge in [0.1, 0.15) is 0 Å². The van der Waals surface area contributed by atoms with Crippen LogP contribution in [0.4, 0.5) is 5.82 Å². The lowest BCUT2D eigenvalue weighted by molar-refractivity contribution is 0.0940. The van der Waals surface area contributed by atoms with Gasteiger partial charge in [0.25, 0.3) is 5.91 Å². The summed E-state index contributed by atoms with van der Waals surface area (Å²) in [4.78, 5) is 14.6. The van der Waals surface area contributed by atoms with Crippen LogP contribution in [0.2, 0.25) is 5.02 Å². The van der Waals surface area contributed by atoms with E-state index in [1.54, 1.807) is 0 Å². The third kappa shape index (κ3) is 4.17. The zero-order chi connectivity index (χ0) is 18.8. The molecule has 5 nitrogen and oxygen atoms in total. The maximum Gasteiger partial charge on any atom is 0.251 e. The molecular weight excluding hydrogens is 428 g/mol. The maximum atomic E-state index is 12.4. The zero-order valence-electron chi connectivity index (χ0n) is 14.5. The highest BCUT2D eigenvalue weighted by Gasteiger charge is 2.26. The van der Waals surface area contributed by atoms with Gasteiger partial charge in [-0.05, 0) is 42.3 Å². The van der Waals surface area contributed by atoms with Crippen molar-refractivity contribution in [2.75, 3.05) is 18.0 Å². The largest absolute Gasteiger partial charge is 0.353 e. The van der Waals surface area contributed by atoms with Gasteiger partial charge in [-0.3, -0.25) is 9.89 Å². The van der Waals surface area contributed by atoms with Crippen LogP contribution in [0.3, 0.4) is 0 Å². The quantitative estimate of drug-likeness (QED) is 0.621. The smallest absolute Gasteiger partial charge is 0.251 e. The summed E-state index contributed by atoms with van der Waals surface area (Å²) in [5.41, 5.74) is 2.65. The average Bonchev–Trinajstić information content (AvgIpc) is 3.32. The lowest BCUT2D eigenvalue weighted by Crippen LogP contribution is -2.37. The number of anilines is 1. The fraction of sp³-hybridized carbons (Fsp3) is 0.200. The second-order valence-electron chi connectivity index (χ2n) is 6.56. The number of hydrogen-bond donors (Lipinski definition) is 2. The van der Waals surface area contributed by atoms with E-state index in [0.717, 1.165) is 41.1 Å². The molecule has 0 spiro atoms. The molecule has 0 unspecified atom stereocenters. The fourth-order valence-electron chi connectivity index (χ4n) is 3.24. The molecule has 27 heavy (non-hydrogen) atoms. The van der Waals surface area contributed by atoms with Crippen molar-refractivity contribution < 1.29 is 4.79 Å². The number of aromatic nitrogens is 2. The number of aromatic amines is 1. The number of carbonyl (C=O) groups is 1. The highest BCUT2D eigenvalue weighted by Crippen LogP contribution is 2.25. The van der Waals surface area contributed by atoms with Gasteiger partial charge in [0.2, 0.25) is 0 Å². The SMILES string of the molecule is O=C(N[C@@H]1CCN(c2cc(-c3ccc(Cl)cc3)[nH]n2)C1)c1cccc(Br)c1. The van der Waals surface area contributed by atoms with Crippen LogP contribution in [0.15, 0.2) is 59.1 Å². The van der Waals surface area contributed by atoms with Crippen molar-refractivity contribution in [1.82, 2.24) is 15.5 Å². The van der Waals surface area contributed by atoms with Crippen LogP contribution in [-0.4, -0.2) is 35.2 Å². The van der Waals surface area contributed by atoms with E-state index < -0.39 is 0 Å². The lowest BCUT2D eigenvalue weighted by atomic mass is 10.1. The second-order valence-corrected chi connectivity index (χ2v) is 7.91. The van der Waals surface area contributed by atoms with E-state index in [-0.39, 0.29) is 11.9 Å². The molecule has 138 valence electrons. The summed E-state index contributed by atoms with van der Waals surface area (Å²) < 4.78 is 0.898. The van der Waals surface area contributed by atoms with Gasteiger partial charge in [-0.2, -0.15) is 5.10 Å². The van der Waals surface area contributed by atoms with Gasteiger partial charge in [0.15, 0.2) is 5.82 Å². The molecule has 1 atom stereocenters. The standard InChI is InChI=1S/C20H18BrClN4O/c21-15-3-1-2-14(10-15)20(27)23-17-8-9-26(12-17)19-11-18(24-25-19)13-4-6-16(22)7-5-13/h1-7,10-11,17H,8-9,12H2,(H,23,27)(H,24,25)/t17-/m1/s1. The van der Waals surface area contributed by atoms with Crippen molar-refractivity contribution in [3.8, 4) is 11.3 Å². The molecule has 4 rings (SSSR count). The second kappa shape index (κ2) is 7.74. The zero-order valence-corrected chi connectivity index (χ0v) is 16.8. The van der Waals surface area contributed by atoms with E-state index in [2.05, 4.69) is 36.3 Å². The van der Waals surface area contributed by atoms with Crippen LogP contribution < -0.4 is 10.2 Å². The number of halogens is 2. The van der Waals surface area contributed by atoms with Crippen LogP contribution in [0, 0.1) is 0 Å². The number of nitrogens with zero attached hydrogens (tertiary/aromatic N) is 2. The van der Waals surface area contributed by atoms with E-state index in [1.807, 2.05) is 54.6 Å². The maximum absolute atomic E-state index is 12.4. The summed E-state index contributed by atoms with van der Waals surface area (Å²) in [6.45, 7) is 1.60. The first-order valence-electron chi connectivity index (χ1n) is 8.71. The predicted molar refractivity (Wildman–Crippen MR) is 111 cm³/mol. The Hall–Kier alpha value is -2.31. The molecule has 7 heteroatoms. The third-order valence-electron chi connectivity index (χ3n) is 4.65. The van der Waals surface area contributed by atoms with E-state index in [1.165, 1.54) is 0 Å². The molecule has 2 N–H and O–H groups in total. The number of amides is 1. The first kappa shape index (κ1) is 18.1. The molecule has 0 saturated carbocycles. The summed E-state index contributed by atoms with van der Waals surface area (Å²) in [6.07, 6.45) is 0.892. The molecule has 1 aromatic heterocycles. The Labute approximate surface area is 170 Å². The summed E-state index contributed by atoms with van der Waals surface area (Å²) in [7, 11) is 0. The topological polar surface area (TPSA) is 61.0 Å². The van der Waals surface area contributed by atoms with Gasteiger partial charge < -0.3 is 10.2 Å². The lowest BCUT2D eigenvalue weighted by Gasteiger charge is -2.16. The van der Waals surface area contributed by atoms with Crippen LogP contribution in [0.1, 0.15) is 16.8 Å². The Morgan fingerprint density at radius 1 is 1.22 bits per heavy atom. The van der Waals surface area contributed by atoms with Crippen LogP contribution in [-0.2, 0) is 0 Å². The minimum Gasteiger partial charge on any atom is -0.353 e. The Morgan fingerprint density at radius 2 is 2.04 bits per heavy atom. The number of hydrogen-bond acceptors (Lipinski definition) is 3. The summed E-state index contributed by atoms with van der Waals surface area (Å²) in [5.74, 6) is 0.839. The van der Waals surface area contributed by atoms with Gasteiger partial charge >= 0.3 is 0 Å². The van der Waals surface area contributed by atoms with Gasteiger partial charge in [0, 0.05) is 40.3 Å². The average molecular weight is 446 g/mol. The summed E-state index contributed by atoms with van der Waals surface area (Å²) in [5, 5.41) is 11.3. The van der Waals surface area contributed by atoms with Gasteiger partial charge in [0.05, 0.1) is 5.69 Å². The summed E-state index contributed by atoms with van der Waals surface area (Å²) >= 11 is 9.35. The van der Waals surface area contributed by atoms with Crippen molar-refractivity contribution in [3.63, 3.8) is 0 Å². The van der Waals surface area contributed by atoms with Gasteiger partial charge in [-0.1, -0.05) is 45.7 Å². The number of H-pyrrole nitrogens is 1. The molecule has 1 saturated heterocycles. The molecule has 0 bridgehead atoms. The molecule has 1 aliphatic rings. The van der Waals surface area contributed by atoms with Crippen LogP contribution >= 0.6 is 27.5 Å². The molecule has 2 aromatic carbocycles. The van der Waals surface area contributed by atoms with Crippen molar-refractivity contribution in [2.24, 2.45) is 0 Å². The van der Waals surface area contributed by atoms with Crippen molar-refractivity contribution >= 4 is 39.3 Å². The van der Waals surface area contributed by atoms with Gasteiger partial charge in [-0.15, -0.1) is 0 Å². The highest BCUT2D eigenvalue weighted by molar-refractivity contribution is 9.10. The fourth-order valence-corrected chi connectivity index (χ4v) is 3.76. The van der Waals surface area contributed by atoms with E-state index in [9.17, 15) is 4.79 Å². The molecule has 1 fully saturated rings. The van der Waals surface area contributed by atoms with Crippen LogP contribution in [0.5, 0.6) is 0 Å². The van der Waals surface area contributed by atoms with Crippen LogP contribution in [0.25, 0.3) is 11.3 Å². The normalized spacial score (nSPS) is 16.5. The Kier molecular flexibility index (Phi) is 5.18. The molecule has 1 aliphatic heterocycles. The number of nitrogens with one attached hydrogen (secondary N) is 2. The van der Waals surface area contributed by atoms with Crippen molar-refractivity contribution in [1.29, 1.82) is 0 Å². The molecule has 2 heterocycles. The van der Waals surface area contributed by atoms with Crippen molar-refractivity contribution in [3.05, 3.63) is 69.7 Å². The predicted octanol–water partition coefficient (Wildman–Crippen LogP) is 4.50. The molecule has 1 amide bonds. The van der Waals surface area contributed by atoms with E-state index in [4.69, 9.17) is 11.6 Å². The Morgan fingerprint density at radius 3 is 2.81 bits per heavy atom. The molecular formula is C20H18BrClN4O. The molecule has 3 aromatic rings. The molecule has 0 aliphatic carbocycles. The monoisotopic (exact) mass is 444 g/mol.